The summed E-state index contributed by atoms with van der Waals surface area (Å²) in [6, 6.07) is 7.60. The summed E-state index contributed by atoms with van der Waals surface area (Å²) in [7, 11) is 1.83. The third-order valence-corrected chi connectivity index (χ3v) is 6.59. The average Bonchev–Trinajstić information content (AvgIpc) is 3.38. The normalized spacial score (nSPS) is 19.7. The fourth-order valence-electron chi connectivity index (χ4n) is 4.42. The first kappa shape index (κ1) is 21.1. The first-order chi connectivity index (χ1) is 15.1. The molecule has 1 aromatic carbocycles. The number of halogens is 4. The van der Waals surface area contributed by atoms with Crippen molar-refractivity contribution < 1.29 is 22.4 Å². The van der Waals surface area contributed by atoms with Gasteiger partial charge in [0, 0.05) is 55.7 Å². The van der Waals surface area contributed by atoms with Crippen LogP contribution in [0.5, 0.6) is 0 Å². The lowest BCUT2D eigenvalue weighted by Crippen LogP contribution is -2.65. The second-order valence-electron chi connectivity index (χ2n) is 9.13. The van der Waals surface area contributed by atoms with E-state index < -0.39 is 23.0 Å². The zero-order chi connectivity index (χ0) is 22.7. The predicted octanol–water partition coefficient (Wildman–Crippen LogP) is 4.11. The minimum atomic E-state index is -4.28. The molecule has 168 valence electrons. The molecule has 5 rings (SSSR count). The van der Waals surface area contributed by atoms with E-state index in [1.807, 2.05) is 31.4 Å². The summed E-state index contributed by atoms with van der Waals surface area (Å²) in [4.78, 5) is 18.3. The third-order valence-electron chi connectivity index (χ3n) is 6.59. The van der Waals surface area contributed by atoms with E-state index in [1.165, 1.54) is 4.90 Å². The van der Waals surface area contributed by atoms with Gasteiger partial charge in [-0.1, -0.05) is 12.1 Å². The molecule has 2 aliphatic rings. The van der Waals surface area contributed by atoms with Crippen LogP contribution in [-0.4, -0.2) is 56.9 Å². The van der Waals surface area contributed by atoms with E-state index in [0.717, 1.165) is 21.9 Å². The van der Waals surface area contributed by atoms with Gasteiger partial charge in [-0.2, -0.15) is 18.3 Å². The van der Waals surface area contributed by atoms with Crippen molar-refractivity contribution >= 4 is 16.6 Å². The molecule has 0 amide bonds. The summed E-state index contributed by atoms with van der Waals surface area (Å²) < 4.78 is 56.1. The van der Waals surface area contributed by atoms with Crippen LogP contribution in [-0.2, 0) is 18.3 Å². The number of carbonyl (C=O) groups excluding carboxylic acids is 1. The number of carbonyl (C=O) groups is 1. The van der Waals surface area contributed by atoms with Crippen molar-refractivity contribution in [3.63, 3.8) is 0 Å². The molecule has 0 unspecified atom stereocenters. The van der Waals surface area contributed by atoms with Crippen LogP contribution in [0.4, 0.5) is 17.6 Å². The van der Waals surface area contributed by atoms with Crippen molar-refractivity contribution in [1.29, 1.82) is 0 Å². The Balaban J connectivity index is 1.26. The molecule has 0 radical (unpaired) electrons. The minimum Gasteiger partial charge on any atom is -0.296 e. The maximum atomic E-state index is 15.0. The molecule has 2 aromatic heterocycles. The molecule has 3 heterocycles. The van der Waals surface area contributed by atoms with E-state index in [0.29, 0.717) is 5.69 Å². The van der Waals surface area contributed by atoms with E-state index in [4.69, 9.17) is 0 Å². The highest BCUT2D eigenvalue weighted by molar-refractivity contribution is 5.92. The highest BCUT2D eigenvalue weighted by Gasteiger charge is 2.65. The van der Waals surface area contributed by atoms with Crippen molar-refractivity contribution in [3.05, 3.63) is 48.5 Å². The van der Waals surface area contributed by atoms with Crippen molar-refractivity contribution in [2.45, 2.75) is 31.1 Å². The summed E-state index contributed by atoms with van der Waals surface area (Å²) in [5.74, 6) is -0.638. The van der Waals surface area contributed by atoms with Gasteiger partial charge in [0.05, 0.1) is 18.0 Å². The Morgan fingerprint density at radius 3 is 2.47 bits per heavy atom. The van der Waals surface area contributed by atoms with Crippen LogP contribution >= 0.6 is 0 Å². The van der Waals surface area contributed by atoms with Crippen molar-refractivity contribution in [2.24, 2.45) is 12.5 Å². The van der Waals surface area contributed by atoms with Gasteiger partial charge in [-0.25, -0.2) is 4.39 Å². The van der Waals surface area contributed by atoms with Gasteiger partial charge in [0.1, 0.15) is 0 Å². The molecule has 2 fully saturated rings. The Hall–Kier alpha value is -2.81. The molecule has 5 nitrogen and oxygen atoms in total. The number of likely N-dealkylation sites (tertiary alicyclic amines) is 1. The number of hydrogen-bond acceptors (Lipinski definition) is 4. The number of benzene rings is 1. The second kappa shape index (κ2) is 7.10. The van der Waals surface area contributed by atoms with Crippen molar-refractivity contribution in [1.82, 2.24) is 19.7 Å². The fourth-order valence-corrected chi connectivity index (χ4v) is 4.42. The number of fused-ring (bicyclic) bond motifs is 1. The summed E-state index contributed by atoms with van der Waals surface area (Å²) >= 11 is 0. The lowest BCUT2D eigenvalue weighted by atomic mass is 9.87. The molecule has 1 saturated heterocycles. The molecule has 1 aliphatic carbocycles. The van der Waals surface area contributed by atoms with Gasteiger partial charge in [-0.3, -0.25) is 19.4 Å². The second-order valence-corrected chi connectivity index (χ2v) is 9.13. The third kappa shape index (κ3) is 3.68. The van der Waals surface area contributed by atoms with Crippen LogP contribution in [0.1, 0.15) is 18.5 Å². The molecule has 0 spiro atoms. The largest absolute Gasteiger partial charge is 0.395 e. The van der Waals surface area contributed by atoms with Crippen molar-refractivity contribution in [2.75, 3.05) is 19.6 Å². The van der Waals surface area contributed by atoms with Gasteiger partial charge in [0.2, 0.25) is 0 Å². The Bertz CT molecular complexity index is 1190. The lowest BCUT2D eigenvalue weighted by molar-refractivity contribution is -0.199. The van der Waals surface area contributed by atoms with Gasteiger partial charge < -0.3 is 0 Å². The molecule has 1 saturated carbocycles. The SMILES string of the molecule is Cn1cc(-c2ccc3cnc(CC(=O)C4(F)CN(CC5(C(F)(F)F)CC5)C4)cc3c2)cn1. The standard InChI is InChI=1S/C23H22F4N4O/c1-30-11-18(10-29-30)15-2-3-16-9-28-19(7-17(16)6-15)8-20(32)22(24)13-31(14-22)12-21(4-5-21)23(25,26)27/h2-3,6-7,9-11H,4-5,8,12-14H2,1H3. The summed E-state index contributed by atoms with van der Waals surface area (Å²) in [5, 5.41) is 5.93. The summed E-state index contributed by atoms with van der Waals surface area (Å²) in [6.45, 7) is -0.814. The molecule has 9 heteroatoms. The minimum absolute atomic E-state index is 0.0717. The molecule has 0 atom stereocenters. The van der Waals surface area contributed by atoms with E-state index in [-0.39, 0.29) is 38.9 Å². The number of rotatable bonds is 6. The molecule has 0 bridgehead atoms. The van der Waals surface area contributed by atoms with Gasteiger partial charge in [-0.05, 0) is 35.9 Å². The molecular formula is C23H22F4N4O. The van der Waals surface area contributed by atoms with E-state index in [1.54, 1.807) is 23.1 Å². The van der Waals surface area contributed by atoms with Crippen LogP contribution in [0.25, 0.3) is 21.9 Å². The zero-order valence-corrected chi connectivity index (χ0v) is 17.5. The van der Waals surface area contributed by atoms with Gasteiger partial charge in [0.25, 0.3) is 0 Å². The molecular weight excluding hydrogens is 424 g/mol. The van der Waals surface area contributed by atoms with Crippen LogP contribution in [0.3, 0.4) is 0 Å². The topological polar surface area (TPSA) is 51.0 Å². The molecule has 0 N–H and O–H groups in total. The fraction of sp³-hybridized carbons (Fsp3) is 0.435. The van der Waals surface area contributed by atoms with Gasteiger partial charge in [0.15, 0.2) is 11.5 Å². The molecule has 3 aromatic rings. The van der Waals surface area contributed by atoms with E-state index in [9.17, 15) is 18.0 Å². The van der Waals surface area contributed by atoms with Crippen molar-refractivity contribution in [3.8, 4) is 11.1 Å². The smallest absolute Gasteiger partial charge is 0.296 e. The quantitative estimate of drug-likeness (QED) is 0.535. The Morgan fingerprint density at radius 1 is 1.09 bits per heavy atom. The lowest BCUT2D eigenvalue weighted by Gasteiger charge is -2.45. The number of pyridine rings is 1. The number of aromatic nitrogens is 3. The number of Topliss-reactive ketones (excluding diaryl/α,β-unsaturated/α-hetero) is 1. The number of alkyl halides is 4. The van der Waals surface area contributed by atoms with Crippen LogP contribution in [0, 0.1) is 5.41 Å². The molecule has 32 heavy (non-hydrogen) atoms. The average molecular weight is 446 g/mol. The number of nitrogens with zero attached hydrogens (tertiary/aromatic N) is 4. The highest BCUT2D eigenvalue weighted by atomic mass is 19.4. The monoisotopic (exact) mass is 446 g/mol. The Labute approximate surface area is 182 Å². The number of hydrogen-bond donors (Lipinski definition) is 0. The van der Waals surface area contributed by atoms with E-state index in [2.05, 4.69) is 10.1 Å². The maximum absolute atomic E-state index is 15.0. The van der Waals surface area contributed by atoms with Gasteiger partial charge >= 0.3 is 6.18 Å². The first-order valence-electron chi connectivity index (χ1n) is 10.5. The highest BCUT2D eigenvalue weighted by Crippen LogP contribution is 2.58. The van der Waals surface area contributed by atoms with Crippen LogP contribution in [0.2, 0.25) is 0 Å². The predicted molar refractivity (Wildman–Crippen MR) is 111 cm³/mol. The Kier molecular flexibility index (Phi) is 4.67. The summed E-state index contributed by atoms with van der Waals surface area (Å²) in [5.41, 5.74) is -1.48. The maximum Gasteiger partial charge on any atom is 0.395 e. The van der Waals surface area contributed by atoms with Crippen LogP contribution < -0.4 is 0 Å². The molecule has 1 aliphatic heterocycles. The van der Waals surface area contributed by atoms with Crippen LogP contribution in [0.15, 0.2) is 42.9 Å². The van der Waals surface area contributed by atoms with E-state index >= 15 is 4.39 Å². The zero-order valence-electron chi connectivity index (χ0n) is 17.5. The van der Waals surface area contributed by atoms with Gasteiger partial charge in [-0.15, -0.1) is 0 Å². The first-order valence-corrected chi connectivity index (χ1v) is 10.5. The number of ketones is 1. The Morgan fingerprint density at radius 2 is 1.84 bits per heavy atom. The number of aryl methyl sites for hydroxylation is 1. The summed E-state index contributed by atoms with van der Waals surface area (Å²) in [6.07, 6.45) is 0.962.